The van der Waals surface area contributed by atoms with E-state index in [1.807, 2.05) is 18.2 Å². The molecule has 0 atom stereocenters. The van der Waals surface area contributed by atoms with Gasteiger partial charge in [0.1, 0.15) is 0 Å². The van der Waals surface area contributed by atoms with Gasteiger partial charge in [0.25, 0.3) is 5.91 Å². The number of benzene rings is 1. The molecule has 5 heteroatoms. The number of halogens is 1. The number of rotatable bonds is 3. The van der Waals surface area contributed by atoms with E-state index in [0.717, 1.165) is 0 Å². The van der Waals surface area contributed by atoms with E-state index in [1.165, 1.54) is 17.2 Å². The molecular formula is C14H14FN3O. The maximum absolute atomic E-state index is 14.0. The fraction of sp³-hybridized carbons (Fsp3) is 0.143. The lowest BCUT2D eigenvalue weighted by atomic mass is 10.2. The summed E-state index contributed by atoms with van der Waals surface area (Å²) in [6.07, 6.45) is 1.40. The van der Waals surface area contributed by atoms with Crippen LogP contribution >= 0.6 is 0 Å². The number of hydrogen-bond donors (Lipinski definition) is 1. The number of aromatic nitrogens is 1. The molecule has 1 aromatic carbocycles. The van der Waals surface area contributed by atoms with Gasteiger partial charge in [-0.25, -0.2) is 9.37 Å². The van der Waals surface area contributed by atoms with E-state index in [4.69, 9.17) is 0 Å². The first-order valence-electron chi connectivity index (χ1n) is 5.80. The maximum atomic E-state index is 14.0. The van der Waals surface area contributed by atoms with Gasteiger partial charge in [-0.2, -0.15) is 0 Å². The smallest absolute Gasteiger partial charge is 0.261 e. The number of carbonyl (C=O) groups is 1. The Balaban J connectivity index is 2.35. The second-order valence-electron chi connectivity index (χ2n) is 3.97. The van der Waals surface area contributed by atoms with Crippen LogP contribution in [0.15, 0.2) is 42.6 Å². The minimum Gasteiger partial charge on any atom is -0.371 e. The van der Waals surface area contributed by atoms with E-state index in [1.54, 1.807) is 26.2 Å². The molecule has 0 saturated heterocycles. The summed E-state index contributed by atoms with van der Waals surface area (Å²) in [4.78, 5) is 17.5. The van der Waals surface area contributed by atoms with Crippen LogP contribution in [0.3, 0.4) is 0 Å². The predicted octanol–water partition coefficient (Wildman–Crippen LogP) is 2.54. The average Bonchev–Trinajstić information content (AvgIpc) is 2.47. The standard InChI is InChI=1S/C14H14FN3O/c1-16-13-12(15)11(8-9-17-13)14(19)18(2)10-6-4-3-5-7-10/h3-9H,1-2H3,(H,16,17). The van der Waals surface area contributed by atoms with Gasteiger partial charge in [0.05, 0.1) is 5.56 Å². The Hall–Kier alpha value is -2.43. The number of hydrogen-bond acceptors (Lipinski definition) is 3. The van der Waals surface area contributed by atoms with Gasteiger partial charge in [-0.3, -0.25) is 4.79 Å². The Bertz CT molecular complexity index is 586. The Labute approximate surface area is 110 Å². The summed E-state index contributed by atoms with van der Waals surface area (Å²) in [6.45, 7) is 0. The third kappa shape index (κ3) is 2.54. The van der Waals surface area contributed by atoms with Crippen LogP contribution in [0.2, 0.25) is 0 Å². The fourth-order valence-corrected chi connectivity index (χ4v) is 1.73. The molecular weight excluding hydrogens is 245 g/mol. The SMILES string of the molecule is CNc1nccc(C(=O)N(C)c2ccccc2)c1F. The van der Waals surface area contributed by atoms with Gasteiger partial charge in [-0.15, -0.1) is 0 Å². The molecule has 2 rings (SSSR count). The van der Waals surface area contributed by atoms with Crippen LogP contribution in [0.5, 0.6) is 0 Å². The lowest BCUT2D eigenvalue weighted by molar-refractivity contribution is 0.0989. The summed E-state index contributed by atoms with van der Waals surface area (Å²) < 4.78 is 14.0. The number of amides is 1. The predicted molar refractivity (Wildman–Crippen MR) is 72.9 cm³/mol. The van der Waals surface area contributed by atoms with Crippen LogP contribution in [0.25, 0.3) is 0 Å². The molecule has 0 spiro atoms. The first kappa shape index (κ1) is 13.0. The molecule has 0 aliphatic rings. The third-order valence-corrected chi connectivity index (χ3v) is 2.80. The topological polar surface area (TPSA) is 45.2 Å². The van der Waals surface area contributed by atoms with E-state index in [9.17, 15) is 9.18 Å². The molecule has 0 unspecified atom stereocenters. The van der Waals surface area contributed by atoms with E-state index in [2.05, 4.69) is 10.3 Å². The number of anilines is 2. The monoisotopic (exact) mass is 259 g/mol. The van der Waals surface area contributed by atoms with Gasteiger partial charge in [-0.1, -0.05) is 18.2 Å². The zero-order valence-electron chi connectivity index (χ0n) is 10.7. The highest BCUT2D eigenvalue weighted by molar-refractivity contribution is 6.06. The van der Waals surface area contributed by atoms with Crippen molar-refractivity contribution in [2.45, 2.75) is 0 Å². The van der Waals surface area contributed by atoms with Crippen molar-refractivity contribution in [3.05, 3.63) is 54.0 Å². The van der Waals surface area contributed by atoms with Gasteiger partial charge >= 0.3 is 0 Å². The summed E-state index contributed by atoms with van der Waals surface area (Å²) in [7, 11) is 3.16. The number of carbonyl (C=O) groups excluding carboxylic acids is 1. The van der Waals surface area contributed by atoms with Crippen molar-refractivity contribution in [3.8, 4) is 0 Å². The molecule has 1 aromatic heterocycles. The summed E-state index contributed by atoms with van der Waals surface area (Å²) >= 11 is 0. The van der Waals surface area contributed by atoms with Crippen molar-refractivity contribution in [1.29, 1.82) is 0 Å². The Morgan fingerprint density at radius 3 is 2.58 bits per heavy atom. The molecule has 1 N–H and O–H groups in total. The van der Waals surface area contributed by atoms with Crippen molar-refractivity contribution < 1.29 is 9.18 Å². The number of nitrogens with one attached hydrogen (secondary N) is 1. The number of pyridine rings is 1. The first-order chi connectivity index (χ1) is 9.15. The highest BCUT2D eigenvalue weighted by Gasteiger charge is 2.19. The van der Waals surface area contributed by atoms with E-state index in [-0.39, 0.29) is 11.4 Å². The Morgan fingerprint density at radius 2 is 1.95 bits per heavy atom. The van der Waals surface area contributed by atoms with E-state index < -0.39 is 11.7 Å². The van der Waals surface area contributed by atoms with Crippen molar-refractivity contribution >= 4 is 17.4 Å². The minimum atomic E-state index is -0.641. The minimum absolute atomic E-state index is 0.00861. The summed E-state index contributed by atoms with van der Waals surface area (Å²) in [5.41, 5.74) is 0.695. The molecule has 0 aliphatic heterocycles. The normalized spacial score (nSPS) is 10.1. The van der Waals surface area contributed by atoms with E-state index >= 15 is 0 Å². The molecule has 0 aliphatic carbocycles. The van der Waals surface area contributed by atoms with Crippen molar-refractivity contribution in [3.63, 3.8) is 0 Å². The summed E-state index contributed by atoms with van der Waals surface area (Å²) in [6, 6.07) is 10.4. The van der Waals surface area contributed by atoms with Crippen LogP contribution in [0, 0.1) is 5.82 Å². The van der Waals surface area contributed by atoms with Crippen molar-refractivity contribution in [2.75, 3.05) is 24.3 Å². The van der Waals surface area contributed by atoms with Crippen molar-refractivity contribution in [1.82, 2.24) is 4.98 Å². The molecule has 98 valence electrons. The Morgan fingerprint density at radius 1 is 1.26 bits per heavy atom. The molecule has 0 radical (unpaired) electrons. The van der Waals surface area contributed by atoms with Crippen LogP contribution in [0.1, 0.15) is 10.4 Å². The third-order valence-electron chi connectivity index (χ3n) is 2.80. The highest BCUT2D eigenvalue weighted by Crippen LogP contribution is 2.19. The van der Waals surface area contributed by atoms with Crippen LogP contribution < -0.4 is 10.2 Å². The quantitative estimate of drug-likeness (QED) is 0.921. The van der Waals surface area contributed by atoms with Gasteiger partial charge in [0, 0.05) is 26.0 Å². The summed E-state index contributed by atoms with van der Waals surface area (Å²) in [5.74, 6) is -0.993. The van der Waals surface area contributed by atoms with Gasteiger partial charge in [0.15, 0.2) is 11.6 Å². The average molecular weight is 259 g/mol. The largest absolute Gasteiger partial charge is 0.371 e. The maximum Gasteiger partial charge on any atom is 0.261 e. The van der Waals surface area contributed by atoms with Gasteiger partial charge in [0.2, 0.25) is 0 Å². The molecule has 19 heavy (non-hydrogen) atoms. The molecule has 4 nitrogen and oxygen atoms in total. The van der Waals surface area contributed by atoms with E-state index in [0.29, 0.717) is 5.69 Å². The lowest BCUT2D eigenvalue weighted by Gasteiger charge is -2.18. The number of para-hydroxylation sites is 1. The van der Waals surface area contributed by atoms with Gasteiger partial charge in [-0.05, 0) is 18.2 Å². The van der Waals surface area contributed by atoms with Gasteiger partial charge < -0.3 is 10.2 Å². The number of nitrogens with zero attached hydrogens (tertiary/aromatic N) is 2. The lowest BCUT2D eigenvalue weighted by Crippen LogP contribution is -2.27. The van der Waals surface area contributed by atoms with Crippen LogP contribution in [0.4, 0.5) is 15.9 Å². The molecule has 0 saturated carbocycles. The van der Waals surface area contributed by atoms with Crippen LogP contribution in [-0.2, 0) is 0 Å². The van der Waals surface area contributed by atoms with Crippen molar-refractivity contribution in [2.24, 2.45) is 0 Å². The first-order valence-corrected chi connectivity index (χ1v) is 5.80. The molecule has 1 amide bonds. The fourth-order valence-electron chi connectivity index (χ4n) is 1.73. The zero-order chi connectivity index (χ0) is 13.8. The second-order valence-corrected chi connectivity index (χ2v) is 3.97. The second kappa shape index (κ2) is 5.48. The highest BCUT2D eigenvalue weighted by atomic mass is 19.1. The molecule has 0 bridgehead atoms. The molecule has 0 fully saturated rings. The molecule has 2 aromatic rings. The van der Waals surface area contributed by atoms with Crippen LogP contribution in [-0.4, -0.2) is 25.0 Å². The molecule has 1 heterocycles. The zero-order valence-corrected chi connectivity index (χ0v) is 10.7. The summed E-state index contributed by atoms with van der Waals surface area (Å²) in [5, 5.41) is 2.61. The Kier molecular flexibility index (Phi) is 3.75.